The maximum atomic E-state index is 12.4. The fraction of sp³-hybridized carbons (Fsp3) is 0.391. The fourth-order valence-electron chi connectivity index (χ4n) is 3.36. The number of carbonyl (C=O) groups excluding carboxylic acids is 2. The number of ether oxygens (including phenoxy) is 2. The molecule has 1 heterocycles. The predicted molar refractivity (Wildman–Crippen MR) is 113 cm³/mol. The molecule has 3 rings (SSSR count). The lowest BCUT2D eigenvalue weighted by atomic mass is 10.0. The van der Waals surface area contributed by atoms with Crippen molar-refractivity contribution in [1.29, 1.82) is 0 Å². The number of nitrogens with one attached hydrogen (secondary N) is 1. The van der Waals surface area contributed by atoms with Crippen LogP contribution in [-0.4, -0.2) is 67.4 Å². The Morgan fingerprint density at radius 3 is 2.17 bits per heavy atom. The van der Waals surface area contributed by atoms with Gasteiger partial charge in [-0.2, -0.15) is 0 Å². The molecule has 0 saturated carbocycles. The van der Waals surface area contributed by atoms with Gasteiger partial charge in [0.1, 0.15) is 0 Å². The molecule has 2 N–H and O–H groups in total. The van der Waals surface area contributed by atoms with Gasteiger partial charge in [-0.25, -0.2) is 4.79 Å². The van der Waals surface area contributed by atoms with Crippen LogP contribution in [-0.2, 0) is 20.8 Å². The van der Waals surface area contributed by atoms with Crippen molar-refractivity contribution in [2.24, 2.45) is 0 Å². The van der Waals surface area contributed by atoms with Gasteiger partial charge in [0.25, 0.3) is 5.91 Å². The molecule has 30 heavy (non-hydrogen) atoms. The number of carbonyl (C=O) groups is 2. The quantitative estimate of drug-likeness (QED) is 0.675. The van der Waals surface area contributed by atoms with Crippen molar-refractivity contribution in [3.63, 3.8) is 0 Å². The molecule has 0 spiro atoms. The highest BCUT2D eigenvalue weighted by molar-refractivity contribution is 5.97. The molecule has 0 aliphatic carbocycles. The van der Waals surface area contributed by atoms with Gasteiger partial charge in [-0.1, -0.05) is 36.4 Å². The number of methoxy groups -OCH3 is 1. The van der Waals surface area contributed by atoms with Crippen molar-refractivity contribution in [2.45, 2.75) is 25.6 Å². The molecular weight excluding hydrogens is 384 g/mol. The number of benzene rings is 2. The van der Waals surface area contributed by atoms with Gasteiger partial charge in [0.15, 0.2) is 6.04 Å². The first-order valence-corrected chi connectivity index (χ1v) is 10.0. The number of amides is 1. The van der Waals surface area contributed by atoms with E-state index in [1.54, 1.807) is 12.1 Å². The second kappa shape index (κ2) is 10.3. The van der Waals surface area contributed by atoms with E-state index in [0.29, 0.717) is 5.56 Å². The van der Waals surface area contributed by atoms with Crippen molar-refractivity contribution < 1.29 is 24.2 Å². The van der Waals surface area contributed by atoms with Crippen LogP contribution in [0.2, 0.25) is 0 Å². The Hall–Kier alpha value is -2.74. The monoisotopic (exact) mass is 412 g/mol. The van der Waals surface area contributed by atoms with Crippen LogP contribution in [0.5, 0.6) is 0 Å². The van der Waals surface area contributed by atoms with Gasteiger partial charge in [0, 0.05) is 25.2 Å². The zero-order chi connectivity index (χ0) is 21.5. The highest BCUT2D eigenvalue weighted by Crippen LogP contribution is 2.21. The molecule has 2 aromatic carbocycles. The maximum absolute atomic E-state index is 12.4. The first-order chi connectivity index (χ1) is 14.5. The molecule has 2 atom stereocenters. The SMILES string of the molecule is COC(=O)C(NC(=O)c1ccc(-c2ccc(CN3CCOCC3)cc2)cc1)C(C)O. The third kappa shape index (κ3) is 5.66. The Morgan fingerprint density at radius 2 is 1.63 bits per heavy atom. The van der Waals surface area contributed by atoms with Crippen LogP contribution < -0.4 is 5.32 Å². The number of aliphatic hydroxyl groups excluding tert-OH is 1. The van der Waals surface area contributed by atoms with Crippen LogP contribution >= 0.6 is 0 Å². The third-order valence-electron chi connectivity index (χ3n) is 5.17. The zero-order valence-corrected chi connectivity index (χ0v) is 17.3. The predicted octanol–water partition coefficient (Wildman–Crippen LogP) is 1.84. The molecule has 2 aromatic rings. The normalized spacial score (nSPS) is 16.5. The third-order valence-corrected chi connectivity index (χ3v) is 5.17. The van der Waals surface area contributed by atoms with E-state index in [9.17, 15) is 14.7 Å². The topological polar surface area (TPSA) is 88.1 Å². The van der Waals surface area contributed by atoms with Gasteiger partial charge in [0.05, 0.1) is 26.4 Å². The smallest absolute Gasteiger partial charge is 0.331 e. The summed E-state index contributed by atoms with van der Waals surface area (Å²) in [6, 6.07) is 14.4. The van der Waals surface area contributed by atoms with Crippen molar-refractivity contribution >= 4 is 11.9 Å². The Morgan fingerprint density at radius 1 is 1.07 bits per heavy atom. The molecule has 0 aromatic heterocycles. The van der Waals surface area contributed by atoms with Crippen LogP contribution in [0, 0.1) is 0 Å². The summed E-state index contributed by atoms with van der Waals surface area (Å²) < 4.78 is 10.0. The largest absolute Gasteiger partial charge is 0.467 e. The average Bonchev–Trinajstić information content (AvgIpc) is 2.78. The standard InChI is InChI=1S/C23H28N2O5/c1-16(26)21(23(28)29-2)24-22(27)20-9-7-19(8-10-20)18-5-3-17(4-6-18)15-25-11-13-30-14-12-25/h3-10,16,21,26H,11-15H2,1-2H3,(H,24,27). The van der Waals surface area contributed by atoms with Crippen molar-refractivity contribution in [1.82, 2.24) is 10.2 Å². The van der Waals surface area contributed by atoms with E-state index in [4.69, 9.17) is 4.74 Å². The molecule has 1 aliphatic rings. The zero-order valence-electron chi connectivity index (χ0n) is 17.3. The van der Waals surface area contributed by atoms with E-state index >= 15 is 0 Å². The fourth-order valence-corrected chi connectivity index (χ4v) is 3.36. The highest BCUT2D eigenvalue weighted by atomic mass is 16.5. The Bertz CT molecular complexity index is 843. The Kier molecular flexibility index (Phi) is 7.57. The summed E-state index contributed by atoms with van der Waals surface area (Å²) in [5.74, 6) is -1.13. The van der Waals surface area contributed by atoms with Gasteiger partial charge in [-0.15, -0.1) is 0 Å². The maximum Gasteiger partial charge on any atom is 0.331 e. The number of hydrogen-bond donors (Lipinski definition) is 2. The summed E-state index contributed by atoms with van der Waals surface area (Å²) in [6.07, 6.45) is -1.06. The van der Waals surface area contributed by atoms with E-state index in [1.807, 2.05) is 12.1 Å². The second-order valence-corrected chi connectivity index (χ2v) is 7.38. The van der Waals surface area contributed by atoms with Crippen molar-refractivity contribution in [2.75, 3.05) is 33.4 Å². The minimum Gasteiger partial charge on any atom is -0.467 e. The minimum atomic E-state index is -1.11. The Balaban J connectivity index is 1.63. The number of esters is 1. The number of nitrogens with zero attached hydrogens (tertiary/aromatic N) is 1. The molecule has 1 amide bonds. The second-order valence-electron chi connectivity index (χ2n) is 7.38. The van der Waals surface area contributed by atoms with E-state index in [0.717, 1.165) is 44.0 Å². The number of aliphatic hydroxyl groups is 1. The first kappa shape index (κ1) is 22.0. The molecule has 1 aliphatic heterocycles. The summed E-state index contributed by atoms with van der Waals surface area (Å²) in [7, 11) is 1.21. The molecule has 7 heteroatoms. The van der Waals surface area contributed by atoms with Crippen LogP contribution in [0.4, 0.5) is 0 Å². The Labute approximate surface area is 176 Å². The average molecular weight is 412 g/mol. The summed E-state index contributed by atoms with van der Waals surface area (Å²) in [6.45, 7) is 5.82. The molecule has 7 nitrogen and oxygen atoms in total. The lowest BCUT2D eigenvalue weighted by Crippen LogP contribution is -2.48. The van der Waals surface area contributed by atoms with Gasteiger partial charge in [0.2, 0.25) is 0 Å². The highest BCUT2D eigenvalue weighted by Gasteiger charge is 2.26. The van der Waals surface area contributed by atoms with Crippen molar-refractivity contribution in [3.8, 4) is 11.1 Å². The summed E-state index contributed by atoms with van der Waals surface area (Å²) >= 11 is 0. The molecule has 1 saturated heterocycles. The lowest BCUT2D eigenvalue weighted by molar-refractivity contribution is -0.145. The van der Waals surface area contributed by atoms with Gasteiger partial charge < -0.3 is 19.9 Å². The first-order valence-electron chi connectivity index (χ1n) is 10.0. The van der Waals surface area contributed by atoms with Gasteiger partial charge >= 0.3 is 5.97 Å². The molecular formula is C23H28N2O5. The van der Waals surface area contributed by atoms with Crippen LogP contribution in [0.25, 0.3) is 11.1 Å². The summed E-state index contributed by atoms with van der Waals surface area (Å²) in [5, 5.41) is 12.2. The molecule has 1 fully saturated rings. The van der Waals surface area contributed by atoms with Gasteiger partial charge in [-0.05, 0) is 35.7 Å². The van der Waals surface area contributed by atoms with Crippen LogP contribution in [0.1, 0.15) is 22.8 Å². The van der Waals surface area contributed by atoms with E-state index in [1.165, 1.54) is 19.6 Å². The number of morpholine rings is 1. The molecule has 0 radical (unpaired) electrons. The molecule has 2 unspecified atom stereocenters. The lowest BCUT2D eigenvalue weighted by Gasteiger charge is -2.26. The van der Waals surface area contributed by atoms with Gasteiger partial charge in [-0.3, -0.25) is 9.69 Å². The number of hydrogen-bond acceptors (Lipinski definition) is 6. The summed E-state index contributed by atoms with van der Waals surface area (Å²) in [5.41, 5.74) is 3.70. The van der Waals surface area contributed by atoms with Crippen LogP contribution in [0.15, 0.2) is 48.5 Å². The summed E-state index contributed by atoms with van der Waals surface area (Å²) in [4.78, 5) is 26.5. The number of rotatable bonds is 7. The van der Waals surface area contributed by atoms with Crippen molar-refractivity contribution in [3.05, 3.63) is 59.7 Å². The molecule has 0 bridgehead atoms. The van der Waals surface area contributed by atoms with E-state index in [2.05, 4.69) is 39.2 Å². The van der Waals surface area contributed by atoms with Crippen LogP contribution in [0.3, 0.4) is 0 Å². The van der Waals surface area contributed by atoms with E-state index in [-0.39, 0.29) is 0 Å². The minimum absolute atomic E-state index is 0.400. The molecule has 160 valence electrons. The van der Waals surface area contributed by atoms with E-state index < -0.39 is 24.0 Å².